The van der Waals surface area contributed by atoms with E-state index in [1.807, 2.05) is 36.4 Å². The van der Waals surface area contributed by atoms with Crippen molar-refractivity contribution in [3.63, 3.8) is 0 Å². The SMILES string of the molecule is NNC(CCc1ccco1)c1cc2cc(Cl)ccc2o1. The fourth-order valence-corrected chi connectivity index (χ4v) is 2.44. The number of fused-ring (bicyclic) bond motifs is 1. The molecule has 2 aromatic heterocycles. The minimum atomic E-state index is -0.0636. The van der Waals surface area contributed by atoms with Crippen LogP contribution in [0.15, 0.2) is 51.5 Å². The highest BCUT2D eigenvalue weighted by Gasteiger charge is 2.15. The number of hydrogen-bond acceptors (Lipinski definition) is 4. The Hall–Kier alpha value is -1.75. The first kappa shape index (κ1) is 13.2. The van der Waals surface area contributed by atoms with Gasteiger partial charge in [0.15, 0.2) is 0 Å². The summed E-state index contributed by atoms with van der Waals surface area (Å²) in [6, 6.07) is 11.3. The van der Waals surface area contributed by atoms with E-state index in [0.29, 0.717) is 5.02 Å². The Kier molecular flexibility index (Phi) is 3.78. The molecule has 0 saturated heterocycles. The van der Waals surface area contributed by atoms with Gasteiger partial charge in [0, 0.05) is 16.8 Å². The van der Waals surface area contributed by atoms with Gasteiger partial charge in [-0.05, 0) is 42.8 Å². The maximum Gasteiger partial charge on any atom is 0.134 e. The maximum absolute atomic E-state index is 5.98. The Bertz CT molecular complexity index is 691. The van der Waals surface area contributed by atoms with Gasteiger partial charge in [-0.15, -0.1) is 0 Å². The van der Waals surface area contributed by atoms with Gasteiger partial charge in [0.1, 0.15) is 17.1 Å². The zero-order chi connectivity index (χ0) is 13.9. The van der Waals surface area contributed by atoms with E-state index in [4.69, 9.17) is 26.3 Å². The predicted molar refractivity (Wildman–Crippen MR) is 78.3 cm³/mol. The molecule has 0 saturated carbocycles. The van der Waals surface area contributed by atoms with Crippen molar-refractivity contribution >= 4 is 22.6 Å². The van der Waals surface area contributed by atoms with Crippen LogP contribution in [0.25, 0.3) is 11.0 Å². The zero-order valence-corrected chi connectivity index (χ0v) is 11.6. The smallest absolute Gasteiger partial charge is 0.134 e. The van der Waals surface area contributed by atoms with Crippen molar-refractivity contribution in [2.75, 3.05) is 0 Å². The van der Waals surface area contributed by atoms with E-state index < -0.39 is 0 Å². The Balaban J connectivity index is 1.79. The third kappa shape index (κ3) is 2.72. The zero-order valence-electron chi connectivity index (χ0n) is 10.8. The fourth-order valence-electron chi connectivity index (χ4n) is 2.26. The van der Waals surface area contributed by atoms with Crippen molar-refractivity contribution in [1.29, 1.82) is 0 Å². The molecule has 5 heteroatoms. The molecular formula is C15H15ClN2O2. The van der Waals surface area contributed by atoms with Gasteiger partial charge in [0.2, 0.25) is 0 Å². The van der Waals surface area contributed by atoms with E-state index in [9.17, 15) is 0 Å². The van der Waals surface area contributed by atoms with Gasteiger partial charge in [-0.3, -0.25) is 5.84 Å². The number of hydrogen-bond donors (Lipinski definition) is 2. The molecule has 0 amide bonds. The topological polar surface area (TPSA) is 64.3 Å². The lowest BCUT2D eigenvalue weighted by molar-refractivity contribution is 0.401. The first-order valence-electron chi connectivity index (χ1n) is 6.44. The highest BCUT2D eigenvalue weighted by atomic mass is 35.5. The largest absolute Gasteiger partial charge is 0.469 e. The molecule has 20 heavy (non-hydrogen) atoms. The van der Waals surface area contributed by atoms with Crippen molar-refractivity contribution in [2.24, 2.45) is 5.84 Å². The lowest BCUT2D eigenvalue weighted by Crippen LogP contribution is -2.28. The first-order valence-corrected chi connectivity index (χ1v) is 6.81. The van der Waals surface area contributed by atoms with Gasteiger partial charge in [-0.25, -0.2) is 5.43 Å². The average Bonchev–Trinajstić information content (AvgIpc) is 3.08. The number of nitrogens with one attached hydrogen (secondary N) is 1. The summed E-state index contributed by atoms with van der Waals surface area (Å²) < 4.78 is 11.1. The van der Waals surface area contributed by atoms with Gasteiger partial charge in [0.05, 0.1) is 12.3 Å². The molecule has 0 aliphatic carbocycles. The van der Waals surface area contributed by atoms with Gasteiger partial charge >= 0.3 is 0 Å². The van der Waals surface area contributed by atoms with E-state index in [1.54, 1.807) is 6.26 Å². The van der Waals surface area contributed by atoms with E-state index in [1.165, 1.54) is 0 Å². The highest BCUT2D eigenvalue weighted by molar-refractivity contribution is 6.31. The van der Waals surface area contributed by atoms with Gasteiger partial charge in [-0.1, -0.05) is 11.6 Å². The predicted octanol–water partition coefficient (Wildman–Crippen LogP) is 3.82. The van der Waals surface area contributed by atoms with Gasteiger partial charge in [0.25, 0.3) is 0 Å². The van der Waals surface area contributed by atoms with Crippen molar-refractivity contribution in [1.82, 2.24) is 5.43 Å². The summed E-state index contributed by atoms with van der Waals surface area (Å²) in [6.07, 6.45) is 3.25. The molecule has 1 unspecified atom stereocenters. The van der Waals surface area contributed by atoms with Crippen molar-refractivity contribution < 1.29 is 8.83 Å². The third-order valence-electron chi connectivity index (χ3n) is 3.30. The number of hydrazine groups is 1. The fraction of sp³-hybridized carbons (Fsp3) is 0.200. The highest BCUT2D eigenvalue weighted by Crippen LogP contribution is 2.28. The van der Waals surface area contributed by atoms with E-state index in [2.05, 4.69) is 5.43 Å². The minimum absolute atomic E-state index is 0.0636. The lowest BCUT2D eigenvalue weighted by atomic mass is 10.1. The summed E-state index contributed by atoms with van der Waals surface area (Å²) in [5, 5.41) is 1.67. The molecule has 1 atom stereocenters. The minimum Gasteiger partial charge on any atom is -0.469 e. The summed E-state index contributed by atoms with van der Waals surface area (Å²) >= 11 is 5.98. The molecular weight excluding hydrogens is 276 g/mol. The summed E-state index contributed by atoms with van der Waals surface area (Å²) in [7, 11) is 0. The Morgan fingerprint density at radius 2 is 2.15 bits per heavy atom. The van der Waals surface area contributed by atoms with E-state index in [-0.39, 0.29) is 6.04 Å². The Morgan fingerprint density at radius 1 is 1.25 bits per heavy atom. The van der Waals surface area contributed by atoms with Gasteiger partial charge < -0.3 is 8.83 Å². The van der Waals surface area contributed by atoms with E-state index in [0.717, 1.165) is 35.3 Å². The van der Waals surface area contributed by atoms with Gasteiger partial charge in [-0.2, -0.15) is 0 Å². The Labute approximate surface area is 121 Å². The molecule has 4 nitrogen and oxygen atoms in total. The second kappa shape index (κ2) is 5.71. The second-order valence-corrected chi connectivity index (χ2v) is 5.10. The number of furan rings is 2. The molecule has 104 valence electrons. The molecule has 0 aliphatic heterocycles. The van der Waals surface area contributed by atoms with Crippen LogP contribution in [0.1, 0.15) is 24.0 Å². The number of aryl methyl sites for hydroxylation is 1. The maximum atomic E-state index is 5.98. The van der Waals surface area contributed by atoms with Crippen LogP contribution in [-0.4, -0.2) is 0 Å². The molecule has 0 spiro atoms. The van der Waals surface area contributed by atoms with E-state index >= 15 is 0 Å². The molecule has 0 radical (unpaired) electrons. The van der Waals surface area contributed by atoms with Crippen LogP contribution in [0.4, 0.5) is 0 Å². The monoisotopic (exact) mass is 290 g/mol. The van der Waals surface area contributed by atoms with Crippen LogP contribution in [0, 0.1) is 0 Å². The molecule has 1 aromatic carbocycles. The number of nitrogens with two attached hydrogens (primary N) is 1. The summed E-state index contributed by atoms with van der Waals surface area (Å²) in [5.74, 6) is 7.37. The summed E-state index contributed by atoms with van der Waals surface area (Å²) in [4.78, 5) is 0. The Morgan fingerprint density at radius 3 is 2.90 bits per heavy atom. The normalized spacial score (nSPS) is 12.9. The van der Waals surface area contributed by atoms with Crippen molar-refractivity contribution in [3.8, 4) is 0 Å². The van der Waals surface area contributed by atoms with Crippen LogP contribution in [0.3, 0.4) is 0 Å². The quantitative estimate of drug-likeness (QED) is 0.554. The molecule has 0 bridgehead atoms. The van der Waals surface area contributed by atoms with Crippen LogP contribution in [0.2, 0.25) is 5.02 Å². The molecule has 2 heterocycles. The lowest BCUT2D eigenvalue weighted by Gasteiger charge is -2.11. The van der Waals surface area contributed by atoms with Crippen LogP contribution >= 0.6 is 11.6 Å². The third-order valence-corrected chi connectivity index (χ3v) is 3.54. The molecule has 3 aromatic rings. The number of rotatable bonds is 5. The average molecular weight is 291 g/mol. The van der Waals surface area contributed by atoms with Crippen LogP contribution in [-0.2, 0) is 6.42 Å². The summed E-state index contributed by atoms with van der Waals surface area (Å²) in [5.41, 5.74) is 3.60. The first-order chi connectivity index (χ1) is 9.76. The second-order valence-electron chi connectivity index (χ2n) is 4.67. The number of halogens is 1. The van der Waals surface area contributed by atoms with Crippen molar-refractivity contribution in [3.05, 3.63) is 59.2 Å². The van der Waals surface area contributed by atoms with Crippen molar-refractivity contribution in [2.45, 2.75) is 18.9 Å². The molecule has 0 fully saturated rings. The molecule has 3 N–H and O–H groups in total. The summed E-state index contributed by atoms with van der Waals surface area (Å²) in [6.45, 7) is 0. The van der Waals surface area contributed by atoms with Crippen LogP contribution < -0.4 is 11.3 Å². The molecule has 0 aliphatic rings. The molecule has 3 rings (SSSR count). The number of benzene rings is 1. The van der Waals surface area contributed by atoms with Crippen LogP contribution in [0.5, 0.6) is 0 Å². The standard InChI is InChI=1S/C15H15ClN2O2/c16-11-3-6-14-10(8-11)9-15(20-14)13(18-17)5-4-12-2-1-7-19-12/h1-3,6-9,13,18H,4-5,17H2.